The molecule has 2 atom stereocenters. The molecule has 1 N–H and O–H groups in total. The van der Waals surface area contributed by atoms with Gasteiger partial charge in [-0.15, -0.1) is 0 Å². The first-order chi connectivity index (χ1) is 9.60. The standard InChI is InChI=1S/C13H22N2O5/c1-19-9-10-2-3-14(7-10)13(18)15-4-5-20-11(8-15)6-12(16)17/h10-11H,2-9H2,1H3,(H,16,17). The van der Waals surface area contributed by atoms with Gasteiger partial charge in [0.15, 0.2) is 0 Å². The lowest BCUT2D eigenvalue weighted by molar-refractivity contribution is -0.141. The zero-order chi connectivity index (χ0) is 14.5. The highest BCUT2D eigenvalue weighted by Crippen LogP contribution is 2.19. The van der Waals surface area contributed by atoms with E-state index in [4.69, 9.17) is 14.6 Å². The number of carboxylic acid groups (broad SMARTS) is 1. The summed E-state index contributed by atoms with van der Waals surface area (Å²) in [7, 11) is 1.67. The number of morpholine rings is 1. The third-order valence-electron chi connectivity index (χ3n) is 3.77. The molecule has 2 aliphatic heterocycles. The summed E-state index contributed by atoms with van der Waals surface area (Å²) in [5.41, 5.74) is 0. The number of aliphatic carboxylic acids is 1. The highest BCUT2D eigenvalue weighted by molar-refractivity contribution is 5.75. The second kappa shape index (κ2) is 6.90. The third-order valence-corrected chi connectivity index (χ3v) is 3.77. The SMILES string of the molecule is COCC1CCN(C(=O)N2CCOC(CC(=O)O)C2)C1. The summed E-state index contributed by atoms with van der Waals surface area (Å²) in [6.45, 7) is 3.42. The first-order valence-electron chi connectivity index (χ1n) is 6.96. The Morgan fingerprint density at radius 3 is 2.75 bits per heavy atom. The van der Waals surface area contributed by atoms with Crippen molar-refractivity contribution in [1.82, 2.24) is 9.80 Å². The Morgan fingerprint density at radius 1 is 1.30 bits per heavy atom. The van der Waals surface area contributed by atoms with E-state index in [2.05, 4.69) is 0 Å². The van der Waals surface area contributed by atoms with Crippen LogP contribution >= 0.6 is 0 Å². The van der Waals surface area contributed by atoms with Crippen LogP contribution < -0.4 is 0 Å². The maximum absolute atomic E-state index is 12.4. The van der Waals surface area contributed by atoms with Crippen LogP contribution in [-0.2, 0) is 14.3 Å². The quantitative estimate of drug-likeness (QED) is 0.801. The predicted molar refractivity (Wildman–Crippen MR) is 70.5 cm³/mol. The van der Waals surface area contributed by atoms with Crippen LogP contribution in [0, 0.1) is 5.92 Å². The molecule has 114 valence electrons. The van der Waals surface area contributed by atoms with E-state index in [1.165, 1.54) is 0 Å². The lowest BCUT2D eigenvalue weighted by Crippen LogP contribution is -2.51. The summed E-state index contributed by atoms with van der Waals surface area (Å²) in [5, 5.41) is 8.79. The smallest absolute Gasteiger partial charge is 0.320 e. The largest absolute Gasteiger partial charge is 0.481 e. The normalized spacial score (nSPS) is 26.9. The van der Waals surface area contributed by atoms with Crippen LogP contribution in [0.5, 0.6) is 0 Å². The number of urea groups is 1. The lowest BCUT2D eigenvalue weighted by atomic mass is 10.1. The maximum atomic E-state index is 12.4. The zero-order valence-corrected chi connectivity index (χ0v) is 11.8. The Hall–Kier alpha value is -1.34. The number of likely N-dealkylation sites (tertiary alicyclic amines) is 1. The molecule has 2 rings (SSSR count). The van der Waals surface area contributed by atoms with Gasteiger partial charge in [0.2, 0.25) is 0 Å². The van der Waals surface area contributed by atoms with Crippen molar-refractivity contribution in [2.75, 3.05) is 46.5 Å². The first kappa shape index (κ1) is 15.1. The lowest BCUT2D eigenvalue weighted by Gasteiger charge is -2.34. The average Bonchev–Trinajstić information content (AvgIpc) is 2.86. The van der Waals surface area contributed by atoms with E-state index < -0.39 is 12.1 Å². The van der Waals surface area contributed by atoms with E-state index in [1.54, 1.807) is 12.0 Å². The molecule has 2 saturated heterocycles. The van der Waals surface area contributed by atoms with E-state index in [1.807, 2.05) is 4.90 Å². The number of rotatable bonds is 4. The number of carboxylic acids is 1. The van der Waals surface area contributed by atoms with Crippen molar-refractivity contribution in [3.8, 4) is 0 Å². The molecule has 0 bridgehead atoms. The first-order valence-corrected chi connectivity index (χ1v) is 6.96. The summed E-state index contributed by atoms with van der Waals surface area (Å²) >= 11 is 0. The minimum Gasteiger partial charge on any atom is -0.481 e. The van der Waals surface area contributed by atoms with Crippen LogP contribution in [0.3, 0.4) is 0 Å². The van der Waals surface area contributed by atoms with Crippen molar-refractivity contribution in [2.24, 2.45) is 5.92 Å². The Labute approximate surface area is 118 Å². The van der Waals surface area contributed by atoms with Gasteiger partial charge in [0.1, 0.15) is 0 Å². The van der Waals surface area contributed by atoms with Gasteiger partial charge >= 0.3 is 12.0 Å². The molecule has 2 heterocycles. The molecular weight excluding hydrogens is 264 g/mol. The fourth-order valence-electron chi connectivity index (χ4n) is 2.79. The molecular formula is C13H22N2O5. The van der Waals surface area contributed by atoms with Crippen LogP contribution in [-0.4, -0.2) is 79.5 Å². The van der Waals surface area contributed by atoms with Crippen LogP contribution in [0.15, 0.2) is 0 Å². The Morgan fingerprint density at radius 2 is 2.05 bits per heavy atom. The number of methoxy groups -OCH3 is 1. The second-order valence-electron chi connectivity index (χ2n) is 5.38. The molecule has 7 nitrogen and oxygen atoms in total. The minimum atomic E-state index is -0.898. The van der Waals surface area contributed by atoms with Gasteiger partial charge in [0.25, 0.3) is 0 Å². The number of ether oxygens (including phenoxy) is 2. The van der Waals surface area contributed by atoms with E-state index >= 15 is 0 Å². The van der Waals surface area contributed by atoms with Gasteiger partial charge in [-0.2, -0.15) is 0 Å². The van der Waals surface area contributed by atoms with Gasteiger partial charge in [-0.05, 0) is 6.42 Å². The van der Waals surface area contributed by atoms with Gasteiger partial charge in [-0.1, -0.05) is 0 Å². The van der Waals surface area contributed by atoms with E-state index in [0.29, 0.717) is 38.8 Å². The van der Waals surface area contributed by atoms with Crippen molar-refractivity contribution in [1.29, 1.82) is 0 Å². The van der Waals surface area contributed by atoms with Gasteiger partial charge in [-0.3, -0.25) is 4.79 Å². The van der Waals surface area contributed by atoms with Gasteiger partial charge in [-0.25, -0.2) is 4.79 Å². The Balaban J connectivity index is 1.84. The van der Waals surface area contributed by atoms with Gasteiger partial charge in [0.05, 0.1) is 25.7 Å². The van der Waals surface area contributed by atoms with Crippen molar-refractivity contribution < 1.29 is 24.2 Å². The fourth-order valence-corrected chi connectivity index (χ4v) is 2.79. The monoisotopic (exact) mass is 286 g/mol. The van der Waals surface area contributed by atoms with Crippen LogP contribution in [0.25, 0.3) is 0 Å². The van der Waals surface area contributed by atoms with E-state index in [0.717, 1.165) is 13.0 Å². The second-order valence-corrected chi connectivity index (χ2v) is 5.38. The highest BCUT2D eigenvalue weighted by atomic mass is 16.5. The molecule has 0 aromatic carbocycles. The summed E-state index contributed by atoms with van der Waals surface area (Å²) in [4.78, 5) is 26.6. The molecule has 0 aromatic heterocycles. The van der Waals surface area contributed by atoms with E-state index in [-0.39, 0.29) is 12.5 Å². The van der Waals surface area contributed by atoms with Crippen LogP contribution in [0.1, 0.15) is 12.8 Å². The number of carbonyl (C=O) groups excluding carboxylic acids is 1. The highest BCUT2D eigenvalue weighted by Gasteiger charge is 2.32. The van der Waals surface area contributed by atoms with Crippen LogP contribution in [0.2, 0.25) is 0 Å². The molecule has 2 aliphatic rings. The molecule has 0 spiro atoms. The van der Waals surface area contributed by atoms with Crippen molar-refractivity contribution in [3.05, 3.63) is 0 Å². The fraction of sp³-hybridized carbons (Fsp3) is 0.846. The molecule has 2 amide bonds. The maximum Gasteiger partial charge on any atom is 0.320 e. The molecule has 2 fully saturated rings. The summed E-state index contributed by atoms with van der Waals surface area (Å²) in [6.07, 6.45) is 0.501. The van der Waals surface area contributed by atoms with Crippen molar-refractivity contribution >= 4 is 12.0 Å². The number of hydrogen-bond donors (Lipinski definition) is 1. The topological polar surface area (TPSA) is 79.3 Å². The Kier molecular flexibility index (Phi) is 5.19. The van der Waals surface area contributed by atoms with Crippen LogP contribution in [0.4, 0.5) is 4.79 Å². The molecule has 2 unspecified atom stereocenters. The number of amides is 2. The minimum absolute atomic E-state index is 0.0118. The zero-order valence-electron chi connectivity index (χ0n) is 11.8. The molecule has 0 radical (unpaired) electrons. The molecule has 0 aliphatic carbocycles. The van der Waals surface area contributed by atoms with Crippen molar-refractivity contribution in [2.45, 2.75) is 18.9 Å². The average molecular weight is 286 g/mol. The molecule has 7 heteroatoms. The van der Waals surface area contributed by atoms with E-state index in [9.17, 15) is 9.59 Å². The third kappa shape index (κ3) is 3.83. The van der Waals surface area contributed by atoms with Crippen molar-refractivity contribution in [3.63, 3.8) is 0 Å². The number of nitrogens with zero attached hydrogens (tertiary/aromatic N) is 2. The van der Waals surface area contributed by atoms with Gasteiger partial charge < -0.3 is 24.4 Å². The Bertz CT molecular complexity index is 363. The molecule has 20 heavy (non-hydrogen) atoms. The summed E-state index contributed by atoms with van der Waals surface area (Å²) < 4.78 is 10.5. The summed E-state index contributed by atoms with van der Waals surface area (Å²) in [6, 6.07) is -0.0118. The molecule has 0 saturated carbocycles. The predicted octanol–water partition coefficient (Wildman–Crippen LogP) is 0.250. The number of hydrogen-bond acceptors (Lipinski definition) is 4. The van der Waals surface area contributed by atoms with Gasteiger partial charge in [0, 0.05) is 39.2 Å². The summed E-state index contributed by atoms with van der Waals surface area (Å²) in [5.74, 6) is -0.495. The molecule has 0 aromatic rings. The number of carbonyl (C=O) groups is 2.